The number of methoxy groups -OCH3 is 1. The zero-order valence-corrected chi connectivity index (χ0v) is 12.8. The van der Waals surface area contributed by atoms with Crippen molar-refractivity contribution in [3.05, 3.63) is 59.8 Å². The monoisotopic (exact) mass is 300 g/mol. The first kappa shape index (κ1) is 16.0. The number of hydrogen-bond acceptors (Lipinski definition) is 4. The Bertz CT molecular complexity index is 602. The van der Waals surface area contributed by atoms with Gasteiger partial charge in [-0.15, -0.1) is 0 Å². The predicted molar refractivity (Wildman–Crippen MR) is 83.9 cm³/mol. The van der Waals surface area contributed by atoms with Gasteiger partial charge in [0.05, 0.1) is 12.6 Å². The molecule has 1 atom stereocenters. The van der Waals surface area contributed by atoms with E-state index in [9.17, 15) is 4.79 Å². The number of nitrogens with zero attached hydrogens (tertiary/aromatic N) is 1. The highest BCUT2D eigenvalue weighted by molar-refractivity contribution is 5.94. The van der Waals surface area contributed by atoms with Crippen LogP contribution in [0.3, 0.4) is 0 Å². The highest BCUT2D eigenvalue weighted by atomic mass is 16.5. The molecule has 0 saturated carbocycles. The standard InChI is InChI=1S/C17H20N2O3/c1-13(14-6-4-3-5-7-14)19-17(20)15-8-9-18-16(12-15)22-11-10-21-2/h3-9,12-13H,10-11H2,1-2H3,(H,19,20)/t13-/m1/s1. The molecule has 0 radical (unpaired) electrons. The Labute approximate surface area is 130 Å². The average molecular weight is 300 g/mol. The van der Waals surface area contributed by atoms with E-state index < -0.39 is 0 Å². The number of benzene rings is 1. The predicted octanol–water partition coefficient (Wildman–Crippen LogP) is 2.60. The van der Waals surface area contributed by atoms with Crippen molar-refractivity contribution in [2.24, 2.45) is 0 Å². The third kappa shape index (κ3) is 4.56. The molecule has 2 rings (SSSR count). The van der Waals surface area contributed by atoms with Crippen molar-refractivity contribution in [2.75, 3.05) is 20.3 Å². The van der Waals surface area contributed by atoms with E-state index in [1.165, 1.54) is 0 Å². The van der Waals surface area contributed by atoms with Gasteiger partial charge in [0.25, 0.3) is 5.91 Å². The van der Waals surface area contributed by atoms with E-state index in [4.69, 9.17) is 9.47 Å². The summed E-state index contributed by atoms with van der Waals surface area (Å²) in [4.78, 5) is 16.4. The van der Waals surface area contributed by atoms with Crippen LogP contribution >= 0.6 is 0 Å². The van der Waals surface area contributed by atoms with Crippen LogP contribution in [0.5, 0.6) is 5.88 Å². The van der Waals surface area contributed by atoms with Crippen molar-refractivity contribution in [2.45, 2.75) is 13.0 Å². The minimum absolute atomic E-state index is 0.0697. The maximum absolute atomic E-state index is 12.3. The number of pyridine rings is 1. The molecule has 5 nitrogen and oxygen atoms in total. The second-order valence-electron chi connectivity index (χ2n) is 4.83. The molecular formula is C17H20N2O3. The Balaban J connectivity index is 1.98. The molecule has 1 aromatic heterocycles. The van der Waals surface area contributed by atoms with Crippen LogP contribution in [0.15, 0.2) is 48.7 Å². The summed E-state index contributed by atoms with van der Waals surface area (Å²) in [5.74, 6) is 0.257. The molecule has 0 aliphatic heterocycles. The number of aromatic nitrogens is 1. The van der Waals surface area contributed by atoms with Crippen molar-refractivity contribution >= 4 is 5.91 Å². The van der Waals surface area contributed by atoms with Gasteiger partial charge in [-0.2, -0.15) is 0 Å². The van der Waals surface area contributed by atoms with E-state index >= 15 is 0 Å². The van der Waals surface area contributed by atoms with Gasteiger partial charge in [0, 0.05) is 24.9 Å². The van der Waals surface area contributed by atoms with Crippen LogP contribution in [-0.2, 0) is 4.74 Å². The SMILES string of the molecule is COCCOc1cc(C(=O)N[C@H](C)c2ccccc2)ccn1. The number of amides is 1. The fourth-order valence-electron chi connectivity index (χ4n) is 1.96. The van der Waals surface area contributed by atoms with Crippen LogP contribution in [0.1, 0.15) is 28.9 Å². The van der Waals surface area contributed by atoms with Gasteiger partial charge in [0.15, 0.2) is 0 Å². The van der Waals surface area contributed by atoms with E-state index in [2.05, 4.69) is 10.3 Å². The molecule has 1 heterocycles. The summed E-state index contributed by atoms with van der Waals surface area (Å²) < 4.78 is 10.3. The van der Waals surface area contributed by atoms with Gasteiger partial charge in [-0.05, 0) is 18.6 Å². The molecule has 1 N–H and O–H groups in total. The third-order valence-corrected chi connectivity index (χ3v) is 3.18. The van der Waals surface area contributed by atoms with Crippen LogP contribution in [0, 0.1) is 0 Å². The summed E-state index contributed by atoms with van der Waals surface area (Å²) in [6, 6.07) is 13.0. The van der Waals surface area contributed by atoms with E-state index in [0.29, 0.717) is 24.7 Å². The van der Waals surface area contributed by atoms with Crippen molar-refractivity contribution in [1.82, 2.24) is 10.3 Å². The summed E-state index contributed by atoms with van der Waals surface area (Å²) in [5.41, 5.74) is 1.58. The first-order valence-electron chi connectivity index (χ1n) is 7.14. The van der Waals surface area contributed by atoms with Crippen LogP contribution < -0.4 is 10.1 Å². The fourth-order valence-corrected chi connectivity index (χ4v) is 1.96. The van der Waals surface area contributed by atoms with Gasteiger partial charge in [0.1, 0.15) is 6.61 Å². The molecule has 0 unspecified atom stereocenters. The van der Waals surface area contributed by atoms with Gasteiger partial charge in [-0.3, -0.25) is 4.79 Å². The topological polar surface area (TPSA) is 60.5 Å². The van der Waals surface area contributed by atoms with Gasteiger partial charge in [-0.1, -0.05) is 30.3 Å². The Kier molecular flexibility index (Phi) is 5.91. The summed E-state index contributed by atoms with van der Waals surface area (Å²) in [5, 5.41) is 2.96. The van der Waals surface area contributed by atoms with Gasteiger partial charge >= 0.3 is 0 Å². The Hall–Kier alpha value is -2.40. The maximum Gasteiger partial charge on any atom is 0.252 e. The van der Waals surface area contributed by atoms with Gasteiger partial charge in [0.2, 0.25) is 5.88 Å². The molecule has 1 amide bonds. The lowest BCUT2D eigenvalue weighted by Crippen LogP contribution is -2.26. The molecule has 2 aromatic rings. The van der Waals surface area contributed by atoms with Crippen LogP contribution in [0.2, 0.25) is 0 Å². The van der Waals surface area contributed by atoms with E-state index in [1.807, 2.05) is 37.3 Å². The zero-order valence-electron chi connectivity index (χ0n) is 12.8. The van der Waals surface area contributed by atoms with Crippen LogP contribution in [0.4, 0.5) is 0 Å². The Morgan fingerprint density at radius 2 is 2.00 bits per heavy atom. The first-order chi connectivity index (χ1) is 10.7. The summed E-state index contributed by atoms with van der Waals surface area (Å²) in [7, 11) is 1.60. The van der Waals surface area contributed by atoms with Crippen molar-refractivity contribution < 1.29 is 14.3 Å². The quantitative estimate of drug-likeness (QED) is 0.798. The molecule has 0 bridgehead atoms. The number of hydrogen-bond donors (Lipinski definition) is 1. The van der Waals surface area contributed by atoms with Gasteiger partial charge < -0.3 is 14.8 Å². The maximum atomic E-state index is 12.3. The number of carbonyl (C=O) groups excluding carboxylic acids is 1. The lowest BCUT2D eigenvalue weighted by atomic mass is 10.1. The average Bonchev–Trinajstić information content (AvgIpc) is 2.56. The smallest absolute Gasteiger partial charge is 0.252 e. The molecule has 1 aromatic carbocycles. The second-order valence-corrected chi connectivity index (χ2v) is 4.83. The molecule has 116 valence electrons. The highest BCUT2D eigenvalue weighted by Crippen LogP contribution is 2.14. The van der Waals surface area contributed by atoms with Crippen molar-refractivity contribution in [1.29, 1.82) is 0 Å². The van der Waals surface area contributed by atoms with Crippen molar-refractivity contribution in [3.8, 4) is 5.88 Å². The lowest BCUT2D eigenvalue weighted by Gasteiger charge is -2.14. The summed E-state index contributed by atoms with van der Waals surface area (Å²) in [6.07, 6.45) is 1.56. The van der Waals surface area contributed by atoms with E-state index in [1.54, 1.807) is 25.4 Å². The largest absolute Gasteiger partial charge is 0.475 e. The van der Waals surface area contributed by atoms with Crippen molar-refractivity contribution in [3.63, 3.8) is 0 Å². The molecule has 0 saturated heterocycles. The highest BCUT2D eigenvalue weighted by Gasteiger charge is 2.12. The molecule has 0 aliphatic rings. The van der Waals surface area contributed by atoms with E-state index in [0.717, 1.165) is 5.56 Å². The molecular weight excluding hydrogens is 280 g/mol. The molecule has 5 heteroatoms. The van der Waals surface area contributed by atoms with Gasteiger partial charge in [-0.25, -0.2) is 4.98 Å². The minimum Gasteiger partial charge on any atom is -0.475 e. The lowest BCUT2D eigenvalue weighted by molar-refractivity contribution is 0.0939. The summed E-state index contributed by atoms with van der Waals surface area (Å²) in [6.45, 7) is 2.82. The summed E-state index contributed by atoms with van der Waals surface area (Å²) >= 11 is 0. The van der Waals surface area contributed by atoms with Crippen LogP contribution in [0.25, 0.3) is 0 Å². The zero-order chi connectivity index (χ0) is 15.8. The molecule has 0 spiro atoms. The fraction of sp³-hybridized carbons (Fsp3) is 0.294. The first-order valence-corrected chi connectivity index (χ1v) is 7.14. The normalized spacial score (nSPS) is 11.7. The molecule has 0 aliphatic carbocycles. The Morgan fingerprint density at radius 1 is 1.23 bits per heavy atom. The number of rotatable bonds is 7. The Morgan fingerprint density at radius 3 is 2.73 bits per heavy atom. The number of carbonyl (C=O) groups is 1. The molecule has 0 fully saturated rings. The van der Waals surface area contributed by atoms with Crippen LogP contribution in [-0.4, -0.2) is 31.2 Å². The molecule has 22 heavy (non-hydrogen) atoms. The van der Waals surface area contributed by atoms with E-state index in [-0.39, 0.29) is 11.9 Å². The second kappa shape index (κ2) is 8.14. The third-order valence-electron chi connectivity index (χ3n) is 3.18. The minimum atomic E-state index is -0.157. The number of ether oxygens (including phenoxy) is 2. The number of nitrogens with one attached hydrogen (secondary N) is 1.